The molecule has 1 atom stereocenters. The first-order valence-corrected chi connectivity index (χ1v) is 8.52. The minimum atomic E-state index is -0.195. The molecule has 0 spiro atoms. The molecule has 2 fully saturated rings. The Balaban J connectivity index is 1.51. The molecule has 2 saturated heterocycles. The standard InChI is InChI=1S/C17H25ClFN3/c1-17(5-6-20-12-17)13-22-9-7-21(8-10-22)11-14-15(18)3-2-4-16(14)19/h2-4,20H,5-13H2,1H3. The Bertz CT molecular complexity index is 488. The highest BCUT2D eigenvalue weighted by molar-refractivity contribution is 6.31. The second kappa shape index (κ2) is 6.83. The maximum atomic E-state index is 13.9. The van der Waals surface area contributed by atoms with E-state index in [0.717, 1.165) is 45.8 Å². The van der Waals surface area contributed by atoms with Crippen LogP contribution in [0.2, 0.25) is 5.02 Å². The maximum absolute atomic E-state index is 13.9. The molecule has 22 heavy (non-hydrogen) atoms. The van der Waals surface area contributed by atoms with E-state index in [1.54, 1.807) is 12.1 Å². The van der Waals surface area contributed by atoms with Gasteiger partial charge in [-0.15, -0.1) is 0 Å². The van der Waals surface area contributed by atoms with Crippen molar-refractivity contribution in [2.45, 2.75) is 19.9 Å². The quantitative estimate of drug-likeness (QED) is 0.918. The molecule has 3 nitrogen and oxygen atoms in total. The highest BCUT2D eigenvalue weighted by Crippen LogP contribution is 2.26. The molecule has 0 aliphatic carbocycles. The summed E-state index contributed by atoms with van der Waals surface area (Å²) in [6, 6.07) is 4.92. The van der Waals surface area contributed by atoms with Gasteiger partial charge in [-0.1, -0.05) is 24.6 Å². The minimum Gasteiger partial charge on any atom is -0.316 e. The van der Waals surface area contributed by atoms with Crippen molar-refractivity contribution in [3.05, 3.63) is 34.6 Å². The van der Waals surface area contributed by atoms with E-state index in [9.17, 15) is 4.39 Å². The van der Waals surface area contributed by atoms with Crippen molar-refractivity contribution in [1.29, 1.82) is 0 Å². The van der Waals surface area contributed by atoms with Crippen LogP contribution in [0.15, 0.2) is 18.2 Å². The fraction of sp³-hybridized carbons (Fsp3) is 0.647. The first kappa shape index (κ1) is 16.2. The minimum absolute atomic E-state index is 0.195. The summed E-state index contributed by atoms with van der Waals surface area (Å²) < 4.78 is 13.9. The molecular weight excluding hydrogens is 301 g/mol. The number of hydrogen-bond donors (Lipinski definition) is 1. The van der Waals surface area contributed by atoms with Crippen LogP contribution in [0.4, 0.5) is 4.39 Å². The van der Waals surface area contributed by atoms with Crippen LogP contribution in [0.5, 0.6) is 0 Å². The maximum Gasteiger partial charge on any atom is 0.129 e. The predicted molar refractivity (Wildman–Crippen MR) is 88.7 cm³/mol. The Hall–Kier alpha value is -0.680. The Labute approximate surface area is 137 Å². The van der Waals surface area contributed by atoms with Gasteiger partial charge < -0.3 is 10.2 Å². The molecule has 0 aromatic heterocycles. The van der Waals surface area contributed by atoms with E-state index in [2.05, 4.69) is 22.0 Å². The summed E-state index contributed by atoms with van der Waals surface area (Å²) in [5.41, 5.74) is 1.04. The van der Waals surface area contributed by atoms with Crippen molar-refractivity contribution < 1.29 is 4.39 Å². The Morgan fingerprint density at radius 3 is 2.59 bits per heavy atom. The monoisotopic (exact) mass is 325 g/mol. The van der Waals surface area contributed by atoms with Crippen LogP contribution >= 0.6 is 11.6 Å². The zero-order valence-corrected chi connectivity index (χ0v) is 14.0. The second-order valence-corrected chi connectivity index (χ2v) is 7.40. The second-order valence-electron chi connectivity index (χ2n) is 6.99. The number of nitrogens with zero attached hydrogens (tertiary/aromatic N) is 2. The SMILES string of the molecule is CC1(CN2CCN(Cc3c(F)cccc3Cl)CC2)CCNC1. The summed E-state index contributed by atoms with van der Waals surface area (Å²) in [4.78, 5) is 4.85. The third-order valence-electron chi connectivity index (χ3n) is 4.97. The number of nitrogens with one attached hydrogen (secondary N) is 1. The van der Waals surface area contributed by atoms with Gasteiger partial charge in [0.1, 0.15) is 5.82 Å². The smallest absolute Gasteiger partial charge is 0.129 e. The van der Waals surface area contributed by atoms with Gasteiger partial charge >= 0.3 is 0 Å². The molecule has 0 saturated carbocycles. The van der Waals surface area contributed by atoms with Gasteiger partial charge in [0, 0.05) is 56.4 Å². The van der Waals surface area contributed by atoms with Gasteiger partial charge in [0.15, 0.2) is 0 Å². The molecular formula is C17H25ClFN3. The lowest BCUT2D eigenvalue weighted by atomic mass is 9.89. The molecule has 2 aliphatic rings. The van der Waals surface area contributed by atoms with Gasteiger partial charge in [-0.25, -0.2) is 4.39 Å². The molecule has 0 amide bonds. The summed E-state index contributed by atoms with van der Waals surface area (Å²) in [6.07, 6.45) is 1.26. The molecule has 0 radical (unpaired) electrons. The first-order chi connectivity index (χ1) is 10.6. The fourth-order valence-corrected chi connectivity index (χ4v) is 3.78. The van der Waals surface area contributed by atoms with Crippen LogP contribution in [0.3, 0.4) is 0 Å². The zero-order chi connectivity index (χ0) is 15.6. The molecule has 0 bridgehead atoms. The van der Waals surface area contributed by atoms with Gasteiger partial charge in [0.05, 0.1) is 0 Å². The third kappa shape index (κ3) is 3.80. The number of benzene rings is 1. The molecule has 1 aromatic rings. The lowest BCUT2D eigenvalue weighted by Crippen LogP contribution is -2.49. The van der Waals surface area contributed by atoms with Crippen molar-refractivity contribution in [2.24, 2.45) is 5.41 Å². The average molecular weight is 326 g/mol. The first-order valence-electron chi connectivity index (χ1n) is 8.14. The number of rotatable bonds is 4. The van der Waals surface area contributed by atoms with Crippen LogP contribution in [-0.4, -0.2) is 55.6 Å². The highest BCUT2D eigenvalue weighted by Gasteiger charge is 2.31. The van der Waals surface area contributed by atoms with Crippen molar-refractivity contribution in [3.63, 3.8) is 0 Å². The van der Waals surface area contributed by atoms with Gasteiger partial charge in [-0.2, -0.15) is 0 Å². The third-order valence-corrected chi connectivity index (χ3v) is 5.32. The molecule has 122 valence electrons. The van der Waals surface area contributed by atoms with Crippen molar-refractivity contribution in [2.75, 3.05) is 45.8 Å². The summed E-state index contributed by atoms with van der Waals surface area (Å²) in [5.74, 6) is -0.195. The topological polar surface area (TPSA) is 18.5 Å². The molecule has 1 unspecified atom stereocenters. The molecule has 2 aliphatic heterocycles. The van der Waals surface area contributed by atoms with E-state index in [1.807, 2.05) is 0 Å². The van der Waals surface area contributed by atoms with Crippen LogP contribution < -0.4 is 5.32 Å². The molecule has 1 N–H and O–H groups in total. The summed E-state index contributed by atoms with van der Waals surface area (Å²) in [6.45, 7) is 10.5. The van der Waals surface area contributed by atoms with E-state index in [4.69, 9.17) is 11.6 Å². The number of piperazine rings is 1. The normalized spacial score (nSPS) is 27.4. The highest BCUT2D eigenvalue weighted by atomic mass is 35.5. The molecule has 1 aromatic carbocycles. The van der Waals surface area contributed by atoms with E-state index in [1.165, 1.54) is 12.5 Å². The largest absolute Gasteiger partial charge is 0.316 e. The van der Waals surface area contributed by atoms with E-state index in [0.29, 0.717) is 22.5 Å². The van der Waals surface area contributed by atoms with Gasteiger partial charge in [-0.05, 0) is 30.5 Å². The average Bonchev–Trinajstić information content (AvgIpc) is 2.91. The van der Waals surface area contributed by atoms with E-state index >= 15 is 0 Å². The number of halogens is 2. The lowest BCUT2D eigenvalue weighted by Gasteiger charge is -2.38. The Morgan fingerprint density at radius 2 is 1.95 bits per heavy atom. The lowest BCUT2D eigenvalue weighted by molar-refractivity contribution is 0.0927. The van der Waals surface area contributed by atoms with Crippen molar-refractivity contribution in [3.8, 4) is 0 Å². The summed E-state index contributed by atoms with van der Waals surface area (Å²) in [5, 5.41) is 4.00. The van der Waals surface area contributed by atoms with E-state index in [-0.39, 0.29) is 5.82 Å². The summed E-state index contributed by atoms with van der Waals surface area (Å²) in [7, 11) is 0. The van der Waals surface area contributed by atoms with Crippen molar-refractivity contribution in [1.82, 2.24) is 15.1 Å². The van der Waals surface area contributed by atoms with Gasteiger partial charge in [-0.3, -0.25) is 4.90 Å². The predicted octanol–water partition coefficient (Wildman–Crippen LogP) is 2.60. The van der Waals surface area contributed by atoms with E-state index < -0.39 is 0 Å². The van der Waals surface area contributed by atoms with Gasteiger partial charge in [0.2, 0.25) is 0 Å². The van der Waals surface area contributed by atoms with Crippen LogP contribution in [0, 0.1) is 11.2 Å². The van der Waals surface area contributed by atoms with Crippen molar-refractivity contribution >= 4 is 11.6 Å². The number of hydrogen-bond acceptors (Lipinski definition) is 3. The van der Waals surface area contributed by atoms with Crippen LogP contribution in [0.1, 0.15) is 18.9 Å². The molecule has 3 rings (SSSR count). The Kier molecular flexibility index (Phi) is 5.03. The van der Waals surface area contributed by atoms with Crippen LogP contribution in [0.25, 0.3) is 0 Å². The zero-order valence-electron chi connectivity index (χ0n) is 13.2. The molecule has 5 heteroatoms. The summed E-state index contributed by atoms with van der Waals surface area (Å²) >= 11 is 6.13. The fourth-order valence-electron chi connectivity index (χ4n) is 3.56. The van der Waals surface area contributed by atoms with Crippen LogP contribution in [-0.2, 0) is 6.54 Å². The Morgan fingerprint density at radius 1 is 1.23 bits per heavy atom. The molecule has 2 heterocycles. The van der Waals surface area contributed by atoms with Gasteiger partial charge in [0.25, 0.3) is 0 Å².